The van der Waals surface area contributed by atoms with Crippen molar-refractivity contribution in [2.45, 2.75) is 13.3 Å². The van der Waals surface area contributed by atoms with E-state index in [1.807, 2.05) is 0 Å². The molecule has 0 spiro atoms. The molecule has 1 aliphatic heterocycles. The van der Waals surface area contributed by atoms with Gasteiger partial charge in [-0.25, -0.2) is 4.98 Å². The Hall–Kier alpha value is -2.61. The number of anilines is 2. The standard InChI is InChI=1S/C14H13N3O4S/c1-8(18)15-14-17-10(6-22-14)5-13(19)16-9-2-3-11-12(4-9)21-7-20-11/h2-4,6H,5,7H2,1H3,(H,16,19)(H,15,17,18). The second kappa shape index (κ2) is 6.02. The lowest BCUT2D eigenvalue weighted by Gasteiger charge is -2.05. The number of benzene rings is 1. The van der Waals surface area contributed by atoms with Crippen molar-refractivity contribution in [3.8, 4) is 11.5 Å². The van der Waals surface area contributed by atoms with Crippen molar-refractivity contribution in [3.63, 3.8) is 0 Å². The largest absolute Gasteiger partial charge is 0.454 e. The summed E-state index contributed by atoms with van der Waals surface area (Å²) < 4.78 is 10.5. The van der Waals surface area contributed by atoms with Crippen LogP contribution in [0.1, 0.15) is 12.6 Å². The maximum absolute atomic E-state index is 12.0. The third kappa shape index (κ3) is 3.34. The Morgan fingerprint density at radius 2 is 2.09 bits per heavy atom. The molecule has 3 rings (SSSR count). The zero-order valence-electron chi connectivity index (χ0n) is 11.7. The minimum atomic E-state index is -0.196. The Kier molecular flexibility index (Phi) is 3.92. The van der Waals surface area contributed by atoms with Crippen LogP contribution in [-0.4, -0.2) is 23.6 Å². The Bertz CT molecular complexity index is 729. The third-order valence-electron chi connectivity index (χ3n) is 2.83. The molecule has 7 nitrogen and oxygen atoms in total. The average Bonchev–Trinajstić information content (AvgIpc) is 3.06. The van der Waals surface area contributed by atoms with Crippen LogP contribution in [0.5, 0.6) is 11.5 Å². The summed E-state index contributed by atoms with van der Waals surface area (Å²) >= 11 is 1.28. The lowest BCUT2D eigenvalue weighted by Crippen LogP contribution is -2.14. The molecule has 1 aromatic carbocycles. The van der Waals surface area contributed by atoms with E-state index in [2.05, 4.69) is 15.6 Å². The van der Waals surface area contributed by atoms with Crippen LogP contribution in [0.2, 0.25) is 0 Å². The SMILES string of the molecule is CC(=O)Nc1nc(CC(=O)Nc2ccc3c(c2)OCO3)cs1. The third-order valence-corrected chi connectivity index (χ3v) is 3.64. The Morgan fingerprint density at radius 1 is 1.27 bits per heavy atom. The van der Waals surface area contributed by atoms with Gasteiger partial charge < -0.3 is 20.1 Å². The second-order valence-corrected chi connectivity index (χ2v) is 5.48. The van der Waals surface area contributed by atoms with Crippen LogP contribution in [-0.2, 0) is 16.0 Å². The monoisotopic (exact) mass is 319 g/mol. The summed E-state index contributed by atoms with van der Waals surface area (Å²) in [4.78, 5) is 27.1. The fraction of sp³-hybridized carbons (Fsp3) is 0.214. The van der Waals surface area contributed by atoms with Crippen LogP contribution < -0.4 is 20.1 Å². The van der Waals surface area contributed by atoms with Gasteiger partial charge in [0.1, 0.15) is 0 Å². The van der Waals surface area contributed by atoms with E-state index in [-0.39, 0.29) is 25.0 Å². The number of nitrogens with one attached hydrogen (secondary N) is 2. The highest BCUT2D eigenvalue weighted by Crippen LogP contribution is 2.34. The smallest absolute Gasteiger partial charge is 0.231 e. The number of aromatic nitrogens is 1. The van der Waals surface area contributed by atoms with Gasteiger partial charge in [-0.2, -0.15) is 0 Å². The van der Waals surface area contributed by atoms with Gasteiger partial charge in [0.25, 0.3) is 0 Å². The fourth-order valence-corrected chi connectivity index (χ4v) is 2.70. The Labute approximate surface area is 130 Å². The van der Waals surface area contributed by atoms with Crippen LogP contribution in [0, 0.1) is 0 Å². The van der Waals surface area contributed by atoms with Gasteiger partial charge in [-0.15, -0.1) is 11.3 Å². The molecule has 8 heteroatoms. The van der Waals surface area contributed by atoms with Crippen molar-refractivity contribution in [3.05, 3.63) is 29.3 Å². The van der Waals surface area contributed by atoms with E-state index in [9.17, 15) is 9.59 Å². The minimum Gasteiger partial charge on any atom is -0.454 e. The van der Waals surface area contributed by atoms with E-state index < -0.39 is 0 Å². The highest BCUT2D eigenvalue weighted by Gasteiger charge is 2.14. The van der Waals surface area contributed by atoms with Crippen molar-refractivity contribution in [2.24, 2.45) is 0 Å². The molecule has 0 saturated carbocycles. The van der Waals surface area contributed by atoms with Gasteiger partial charge in [-0.3, -0.25) is 9.59 Å². The number of rotatable bonds is 4. The molecule has 22 heavy (non-hydrogen) atoms. The number of ether oxygens (including phenoxy) is 2. The molecule has 1 aliphatic rings. The van der Waals surface area contributed by atoms with Gasteiger partial charge in [-0.05, 0) is 12.1 Å². The molecule has 2 N–H and O–H groups in total. The van der Waals surface area contributed by atoms with Crippen molar-refractivity contribution >= 4 is 34.0 Å². The molecule has 114 valence electrons. The van der Waals surface area contributed by atoms with Crippen LogP contribution >= 0.6 is 11.3 Å². The number of hydrogen-bond donors (Lipinski definition) is 2. The number of hydrogen-bond acceptors (Lipinski definition) is 6. The molecule has 0 unspecified atom stereocenters. The summed E-state index contributed by atoms with van der Waals surface area (Å²) in [5, 5.41) is 7.58. The maximum Gasteiger partial charge on any atom is 0.231 e. The molecule has 2 amide bonds. The number of amides is 2. The predicted molar refractivity (Wildman–Crippen MR) is 81.3 cm³/mol. The zero-order valence-corrected chi connectivity index (χ0v) is 12.5. The highest BCUT2D eigenvalue weighted by atomic mass is 32.1. The Balaban J connectivity index is 1.60. The molecule has 0 bridgehead atoms. The van der Waals surface area contributed by atoms with E-state index in [0.717, 1.165) is 0 Å². The van der Waals surface area contributed by atoms with Gasteiger partial charge in [-0.1, -0.05) is 0 Å². The molecule has 0 atom stereocenters. The summed E-state index contributed by atoms with van der Waals surface area (Å²) in [7, 11) is 0. The average molecular weight is 319 g/mol. The lowest BCUT2D eigenvalue weighted by molar-refractivity contribution is -0.116. The van der Waals surface area contributed by atoms with Gasteiger partial charge in [0, 0.05) is 24.1 Å². The van der Waals surface area contributed by atoms with Crippen LogP contribution in [0.3, 0.4) is 0 Å². The topological polar surface area (TPSA) is 89.6 Å². The van der Waals surface area contributed by atoms with E-state index in [1.165, 1.54) is 18.3 Å². The van der Waals surface area contributed by atoms with Gasteiger partial charge in [0.2, 0.25) is 18.6 Å². The minimum absolute atomic E-state index is 0.129. The molecule has 0 aliphatic carbocycles. The van der Waals surface area contributed by atoms with E-state index >= 15 is 0 Å². The van der Waals surface area contributed by atoms with E-state index in [4.69, 9.17) is 9.47 Å². The zero-order chi connectivity index (χ0) is 15.5. The first-order valence-electron chi connectivity index (χ1n) is 6.51. The fourth-order valence-electron chi connectivity index (χ4n) is 1.94. The normalized spacial score (nSPS) is 12.0. The van der Waals surface area contributed by atoms with Crippen molar-refractivity contribution in [2.75, 3.05) is 17.4 Å². The molecule has 0 radical (unpaired) electrons. The van der Waals surface area contributed by atoms with Crippen molar-refractivity contribution in [1.82, 2.24) is 4.98 Å². The van der Waals surface area contributed by atoms with E-state index in [1.54, 1.807) is 23.6 Å². The van der Waals surface area contributed by atoms with E-state index in [0.29, 0.717) is 28.0 Å². The quantitative estimate of drug-likeness (QED) is 0.900. The van der Waals surface area contributed by atoms with Gasteiger partial charge in [0.15, 0.2) is 16.6 Å². The first kappa shape index (κ1) is 14.3. The predicted octanol–water partition coefficient (Wildman–Crippen LogP) is 2.01. The molecule has 2 heterocycles. The highest BCUT2D eigenvalue weighted by molar-refractivity contribution is 7.13. The Morgan fingerprint density at radius 3 is 2.91 bits per heavy atom. The first-order chi connectivity index (χ1) is 10.6. The number of fused-ring (bicyclic) bond motifs is 1. The number of thiazole rings is 1. The molecule has 1 aromatic heterocycles. The molecular weight excluding hydrogens is 306 g/mol. The molecule has 2 aromatic rings. The molecular formula is C14H13N3O4S. The van der Waals surface area contributed by atoms with Crippen molar-refractivity contribution < 1.29 is 19.1 Å². The molecule has 0 fully saturated rings. The number of carbonyl (C=O) groups excluding carboxylic acids is 2. The maximum atomic E-state index is 12.0. The summed E-state index contributed by atoms with van der Waals surface area (Å²) in [6.07, 6.45) is 0.129. The summed E-state index contributed by atoms with van der Waals surface area (Å²) in [5.74, 6) is 0.890. The summed E-state index contributed by atoms with van der Waals surface area (Å²) in [5.41, 5.74) is 1.23. The van der Waals surface area contributed by atoms with Gasteiger partial charge in [0.05, 0.1) is 12.1 Å². The first-order valence-corrected chi connectivity index (χ1v) is 7.39. The van der Waals surface area contributed by atoms with Crippen LogP contribution in [0.4, 0.5) is 10.8 Å². The van der Waals surface area contributed by atoms with Crippen LogP contribution in [0.15, 0.2) is 23.6 Å². The molecule has 0 saturated heterocycles. The van der Waals surface area contributed by atoms with Crippen LogP contribution in [0.25, 0.3) is 0 Å². The second-order valence-electron chi connectivity index (χ2n) is 4.62. The van der Waals surface area contributed by atoms with Crippen molar-refractivity contribution in [1.29, 1.82) is 0 Å². The summed E-state index contributed by atoms with van der Waals surface area (Å²) in [6.45, 7) is 1.60. The summed E-state index contributed by atoms with van der Waals surface area (Å²) in [6, 6.07) is 5.20. The van der Waals surface area contributed by atoms with Gasteiger partial charge >= 0.3 is 0 Å². The number of carbonyl (C=O) groups is 2. The lowest BCUT2D eigenvalue weighted by atomic mass is 10.2. The number of nitrogens with zero attached hydrogens (tertiary/aromatic N) is 1.